The lowest BCUT2D eigenvalue weighted by molar-refractivity contribution is -0.274. The minimum Gasteiger partial charge on any atom is -0.406 e. The van der Waals surface area contributed by atoms with Gasteiger partial charge in [-0.25, -0.2) is 0 Å². The Hall–Kier alpha value is -1.76. The molecule has 7 heteroatoms. The number of aldehydes is 1. The van der Waals surface area contributed by atoms with Gasteiger partial charge in [0.2, 0.25) is 0 Å². The summed E-state index contributed by atoms with van der Waals surface area (Å²) in [5.41, 5.74) is 0.761. The summed E-state index contributed by atoms with van der Waals surface area (Å²) in [6.45, 7) is 2.00. The van der Waals surface area contributed by atoms with Crippen molar-refractivity contribution in [3.8, 4) is 5.75 Å². The summed E-state index contributed by atoms with van der Waals surface area (Å²) < 4.78 is 45.5. The quantitative estimate of drug-likeness (QED) is 0.793. The summed E-state index contributed by atoms with van der Waals surface area (Å²) in [6.07, 6.45) is -4.13. The van der Waals surface area contributed by atoms with Crippen LogP contribution in [0.2, 0.25) is 0 Å². The van der Waals surface area contributed by atoms with Crippen LogP contribution in [0.15, 0.2) is 18.2 Å². The van der Waals surface area contributed by atoms with Gasteiger partial charge in [0.15, 0.2) is 6.29 Å². The summed E-state index contributed by atoms with van der Waals surface area (Å²) in [5.74, 6) is -0.334. The molecular weight excluding hydrogens is 263 g/mol. The van der Waals surface area contributed by atoms with E-state index in [1.165, 1.54) is 12.1 Å². The van der Waals surface area contributed by atoms with Crippen molar-refractivity contribution in [1.29, 1.82) is 0 Å². The van der Waals surface area contributed by atoms with Gasteiger partial charge in [0.25, 0.3) is 0 Å². The summed E-state index contributed by atoms with van der Waals surface area (Å²) in [5, 5.41) is 0. The monoisotopic (exact) mass is 275 g/mol. The molecular formula is C12H12F3NO3. The molecule has 0 bridgehead atoms. The molecule has 104 valence electrons. The molecule has 0 radical (unpaired) electrons. The lowest BCUT2D eigenvalue weighted by Gasteiger charge is -2.30. The van der Waals surface area contributed by atoms with Gasteiger partial charge in [0.1, 0.15) is 5.75 Å². The summed E-state index contributed by atoms with van der Waals surface area (Å²) >= 11 is 0. The number of hydrogen-bond acceptors (Lipinski definition) is 4. The van der Waals surface area contributed by atoms with E-state index in [4.69, 9.17) is 4.74 Å². The fourth-order valence-electron chi connectivity index (χ4n) is 1.90. The van der Waals surface area contributed by atoms with Crippen molar-refractivity contribution < 1.29 is 27.4 Å². The normalized spacial score (nSPS) is 16.3. The Balaban J connectivity index is 2.27. The topological polar surface area (TPSA) is 38.8 Å². The molecule has 2 rings (SSSR count). The van der Waals surface area contributed by atoms with E-state index in [1.807, 2.05) is 0 Å². The van der Waals surface area contributed by atoms with Gasteiger partial charge in [-0.3, -0.25) is 4.79 Å². The zero-order chi connectivity index (χ0) is 13.9. The van der Waals surface area contributed by atoms with E-state index in [1.54, 1.807) is 4.90 Å². The first kappa shape index (κ1) is 13.7. The molecule has 0 spiro atoms. The van der Waals surface area contributed by atoms with E-state index >= 15 is 0 Å². The van der Waals surface area contributed by atoms with Gasteiger partial charge in [-0.15, -0.1) is 13.2 Å². The Morgan fingerprint density at radius 1 is 1.26 bits per heavy atom. The maximum atomic E-state index is 12.2. The molecule has 0 aliphatic carbocycles. The average molecular weight is 275 g/mol. The lowest BCUT2D eigenvalue weighted by atomic mass is 10.1. The highest BCUT2D eigenvalue weighted by Gasteiger charge is 2.31. The molecule has 1 aliphatic rings. The third-order valence-corrected chi connectivity index (χ3v) is 2.71. The first-order valence-electron chi connectivity index (χ1n) is 5.67. The maximum absolute atomic E-state index is 12.2. The molecule has 1 aromatic rings. The number of hydrogen-bond donors (Lipinski definition) is 0. The summed E-state index contributed by atoms with van der Waals surface area (Å²) in [7, 11) is 0. The van der Waals surface area contributed by atoms with Crippen LogP contribution in [0.3, 0.4) is 0 Å². The van der Waals surface area contributed by atoms with Crippen molar-refractivity contribution in [3.63, 3.8) is 0 Å². The van der Waals surface area contributed by atoms with Gasteiger partial charge in [-0.2, -0.15) is 0 Å². The van der Waals surface area contributed by atoms with Crippen molar-refractivity contribution in [2.75, 3.05) is 31.2 Å². The SMILES string of the molecule is O=Cc1ccc(OC(F)(F)F)cc1N1CCOCC1. The fraction of sp³-hybridized carbons (Fsp3) is 0.417. The van der Waals surface area contributed by atoms with Crippen LogP contribution in [-0.2, 0) is 4.74 Å². The predicted octanol–water partition coefficient (Wildman–Crippen LogP) is 2.23. The van der Waals surface area contributed by atoms with Crippen LogP contribution < -0.4 is 9.64 Å². The number of ether oxygens (including phenoxy) is 2. The van der Waals surface area contributed by atoms with Gasteiger partial charge in [-0.05, 0) is 12.1 Å². The Morgan fingerprint density at radius 2 is 1.95 bits per heavy atom. The van der Waals surface area contributed by atoms with Crippen molar-refractivity contribution in [3.05, 3.63) is 23.8 Å². The zero-order valence-electron chi connectivity index (χ0n) is 9.94. The molecule has 0 saturated carbocycles. The van der Waals surface area contributed by atoms with Crippen LogP contribution in [-0.4, -0.2) is 39.0 Å². The van der Waals surface area contributed by atoms with E-state index in [9.17, 15) is 18.0 Å². The highest BCUT2D eigenvalue weighted by atomic mass is 19.4. The number of halogens is 3. The number of morpholine rings is 1. The van der Waals surface area contributed by atoms with Crippen LogP contribution in [0.5, 0.6) is 5.75 Å². The highest BCUT2D eigenvalue weighted by Crippen LogP contribution is 2.29. The maximum Gasteiger partial charge on any atom is 0.573 e. The molecule has 1 aromatic carbocycles. The molecule has 1 fully saturated rings. The summed E-state index contributed by atoms with van der Waals surface area (Å²) in [4.78, 5) is 12.7. The van der Waals surface area contributed by atoms with Gasteiger partial charge < -0.3 is 14.4 Å². The standard InChI is InChI=1S/C12H12F3NO3/c13-12(14,15)19-10-2-1-9(8-17)11(7-10)16-3-5-18-6-4-16/h1-2,7-8H,3-6H2. The largest absolute Gasteiger partial charge is 0.573 e. The van der Waals surface area contributed by atoms with Crippen molar-refractivity contribution >= 4 is 12.0 Å². The van der Waals surface area contributed by atoms with Crippen molar-refractivity contribution in [2.24, 2.45) is 0 Å². The Morgan fingerprint density at radius 3 is 2.53 bits per heavy atom. The second-order valence-electron chi connectivity index (χ2n) is 3.99. The first-order chi connectivity index (χ1) is 8.99. The number of benzene rings is 1. The minimum atomic E-state index is -4.75. The molecule has 1 heterocycles. The van der Waals surface area contributed by atoms with E-state index in [0.29, 0.717) is 43.8 Å². The third-order valence-electron chi connectivity index (χ3n) is 2.71. The Bertz CT molecular complexity index is 456. The first-order valence-corrected chi connectivity index (χ1v) is 5.67. The second kappa shape index (κ2) is 5.48. The van der Waals surface area contributed by atoms with Gasteiger partial charge >= 0.3 is 6.36 Å². The van der Waals surface area contributed by atoms with Crippen LogP contribution in [0, 0.1) is 0 Å². The average Bonchev–Trinajstić information content (AvgIpc) is 2.38. The fourth-order valence-corrected chi connectivity index (χ4v) is 1.90. The van der Waals surface area contributed by atoms with E-state index in [0.717, 1.165) is 6.07 Å². The van der Waals surface area contributed by atoms with Crippen molar-refractivity contribution in [1.82, 2.24) is 0 Å². The van der Waals surface area contributed by atoms with E-state index < -0.39 is 6.36 Å². The number of carbonyl (C=O) groups excluding carboxylic acids is 1. The molecule has 4 nitrogen and oxygen atoms in total. The summed E-state index contributed by atoms with van der Waals surface area (Å²) in [6, 6.07) is 3.67. The molecule has 0 atom stereocenters. The van der Waals surface area contributed by atoms with Gasteiger partial charge in [0.05, 0.1) is 18.9 Å². The molecule has 1 saturated heterocycles. The minimum absolute atomic E-state index is 0.330. The number of anilines is 1. The third kappa shape index (κ3) is 3.60. The van der Waals surface area contributed by atoms with Crippen molar-refractivity contribution in [2.45, 2.75) is 6.36 Å². The predicted molar refractivity (Wildman–Crippen MR) is 61.5 cm³/mol. The van der Waals surface area contributed by atoms with Crippen LogP contribution in [0.1, 0.15) is 10.4 Å². The van der Waals surface area contributed by atoms with Crippen LogP contribution in [0.25, 0.3) is 0 Å². The second-order valence-corrected chi connectivity index (χ2v) is 3.99. The molecule has 0 unspecified atom stereocenters. The van der Waals surface area contributed by atoms with Gasteiger partial charge in [-0.1, -0.05) is 0 Å². The highest BCUT2D eigenvalue weighted by molar-refractivity contribution is 5.85. The molecule has 0 N–H and O–H groups in total. The number of alkyl halides is 3. The molecule has 19 heavy (non-hydrogen) atoms. The van der Waals surface area contributed by atoms with Gasteiger partial charge in [0, 0.05) is 24.7 Å². The number of carbonyl (C=O) groups is 1. The molecule has 1 aliphatic heterocycles. The van der Waals surface area contributed by atoms with Crippen LogP contribution >= 0.6 is 0 Å². The Kier molecular flexibility index (Phi) is 3.94. The van der Waals surface area contributed by atoms with Crippen LogP contribution in [0.4, 0.5) is 18.9 Å². The smallest absolute Gasteiger partial charge is 0.406 e. The van der Waals surface area contributed by atoms with E-state index in [-0.39, 0.29) is 5.75 Å². The molecule has 0 aromatic heterocycles. The number of nitrogens with zero attached hydrogens (tertiary/aromatic N) is 1. The Labute approximate surface area is 107 Å². The molecule has 0 amide bonds. The number of rotatable bonds is 3. The van der Waals surface area contributed by atoms with E-state index in [2.05, 4.69) is 4.74 Å². The lowest BCUT2D eigenvalue weighted by Crippen LogP contribution is -2.36. The zero-order valence-corrected chi connectivity index (χ0v) is 9.94.